The molecule has 0 unspecified atom stereocenters. The maximum absolute atomic E-state index is 13.3. The Morgan fingerprint density at radius 2 is 1.48 bits per heavy atom. The molecule has 1 amide bonds. The molecule has 1 atom stereocenters. The molecule has 0 saturated carbocycles. The molecule has 0 bridgehead atoms. The summed E-state index contributed by atoms with van der Waals surface area (Å²) in [6.45, 7) is 0. The number of amides is 1. The first kappa shape index (κ1) is 18.6. The molecule has 146 valence electrons. The van der Waals surface area contributed by atoms with Crippen molar-refractivity contribution >= 4 is 17.3 Å². The lowest BCUT2D eigenvalue weighted by molar-refractivity contribution is -0.114. The van der Waals surface area contributed by atoms with E-state index < -0.39 is 0 Å². The summed E-state index contributed by atoms with van der Waals surface area (Å²) >= 11 is 0. The van der Waals surface area contributed by atoms with E-state index in [1.807, 2.05) is 84.9 Å². The average Bonchev–Trinajstić information content (AvgIpc) is 3.10. The number of hydrogen-bond acceptors (Lipinski definition) is 4. The second kappa shape index (κ2) is 8.10. The lowest BCUT2D eigenvalue weighted by atomic mass is 10.1. The van der Waals surface area contributed by atoms with Crippen LogP contribution in [0.1, 0.15) is 11.6 Å². The monoisotopic (exact) mass is 386 g/mol. The number of benzene rings is 3. The van der Waals surface area contributed by atoms with Crippen molar-refractivity contribution in [3.05, 3.63) is 96.2 Å². The van der Waals surface area contributed by atoms with Crippen LogP contribution in [0.5, 0.6) is 11.5 Å². The van der Waals surface area contributed by atoms with Gasteiger partial charge in [0.1, 0.15) is 5.70 Å². The van der Waals surface area contributed by atoms with Crippen LogP contribution in [0.15, 0.2) is 90.6 Å². The third-order valence-electron chi connectivity index (χ3n) is 4.89. The van der Waals surface area contributed by atoms with E-state index in [4.69, 9.17) is 9.47 Å². The lowest BCUT2D eigenvalue weighted by Crippen LogP contribution is -2.30. The number of hydrogen-bond donors (Lipinski definition) is 1. The van der Waals surface area contributed by atoms with Gasteiger partial charge in [-0.2, -0.15) is 0 Å². The second-order valence-corrected chi connectivity index (χ2v) is 6.64. The smallest absolute Gasteiger partial charge is 0.275 e. The van der Waals surface area contributed by atoms with Crippen LogP contribution in [-0.4, -0.2) is 20.1 Å². The molecule has 3 aromatic carbocycles. The van der Waals surface area contributed by atoms with Gasteiger partial charge in [0.25, 0.3) is 5.91 Å². The third-order valence-corrected chi connectivity index (χ3v) is 4.89. The number of para-hydroxylation sites is 2. The molecule has 0 aromatic heterocycles. The normalized spacial score (nSPS) is 15.8. The van der Waals surface area contributed by atoms with Crippen molar-refractivity contribution in [3.8, 4) is 11.5 Å². The molecule has 0 saturated heterocycles. The zero-order valence-electron chi connectivity index (χ0n) is 16.3. The first-order chi connectivity index (χ1) is 14.2. The van der Waals surface area contributed by atoms with Gasteiger partial charge in [0.15, 0.2) is 11.5 Å². The number of nitrogens with one attached hydrogen (secondary N) is 1. The number of nitrogens with zero attached hydrogens (tertiary/aromatic N) is 1. The number of carbonyl (C=O) groups excluding carboxylic acids is 1. The Bertz CT molecular complexity index is 1030. The fraction of sp³-hybridized carbons (Fsp3) is 0.125. The standard InChI is InChI=1S/C24H22N2O3/c1-28-22-14-13-17(15-23(22)29-2)21-16-20(25-18-9-5-3-6-10-18)24(27)26(21)19-11-7-4-8-12-19/h3-16,21,25H,1-2H3/t21-/m0/s1. The van der Waals surface area contributed by atoms with Crippen molar-refractivity contribution < 1.29 is 14.3 Å². The summed E-state index contributed by atoms with van der Waals surface area (Å²) < 4.78 is 10.8. The van der Waals surface area contributed by atoms with Gasteiger partial charge < -0.3 is 14.8 Å². The highest BCUT2D eigenvalue weighted by atomic mass is 16.5. The van der Waals surface area contributed by atoms with Crippen LogP contribution in [0.3, 0.4) is 0 Å². The van der Waals surface area contributed by atoms with Crippen LogP contribution in [0.25, 0.3) is 0 Å². The Kier molecular flexibility index (Phi) is 5.20. The fourth-order valence-electron chi connectivity index (χ4n) is 3.48. The van der Waals surface area contributed by atoms with Gasteiger partial charge >= 0.3 is 0 Å². The van der Waals surface area contributed by atoms with Gasteiger partial charge in [-0.1, -0.05) is 42.5 Å². The Morgan fingerprint density at radius 1 is 0.828 bits per heavy atom. The van der Waals surface area contributed by atoms with E-state index in [0.717, 1.165) is 16.9 Å². The molecule has 4 rings (SSSR count). The van der Waals surface area contributed by atoms with Crippen molar-refractivity contribution in [1.82, 2.24) is 0 Å². The highest BCUT2D eigenvalue weighted by Crippen LogP contribution is 2.39. The van der Waals surface area contributed by atoms with Crippen LogP contribution < -0.4 is 19.7 Å². The van der Waals surface area contributed by atoms with E-state index >= 15 is 0 Å². The molecule has 29 heavy (non-hydrogen) atoms. The summed E-state index contributed by atoms with van der Waals surface area (Å²) in [5.74, 6) is 1.20. The molecule has 0 spiro atoms. The molecule has 0 radical (unpaired) electrons. The van der Waals surface area contributed by atoms with Gasteiger partial charge in [-0.25, -0.2) is 0 Å². The van der Waals surface area contributed by atoms with E-state index in [2.05, 4.69) is 5.32 Å². The number of ether oxygens (including phenoxy) is 2. The molecule has 1 heterocycles. The van der Waals surface area contributed by atoms with E-state index in [0.29, 0.717) is 17.2 Å². The maximum Gasteiger partial charge on any atom is 0.275 e. The molecule has 3 aromatic rings. The highest BCUT2D eigenvalue weighted by molar-refractivity contribution is 6.11. The minimum Gasteiger partial charge on any atom is -0.493 e. The van der Waals surface area contributed by atoms with Crippen molar-refractivity contribution in [2.24, 2.45) is 0 Å². The van der Waals surface area contributed by atoms with E-state index in [1.54, 1.807) is 19.1 Å². The molecule has 1 aliphatic rings. The molecular formula is C24H22N2O3. The average molecular weight is 386 g/mol. The second-order valence-electron chi connectivity index (χ2n) is 6.64. The molecule has 5 heteroatoms. The highest BCUT2D eigenvalue weighted by Gasteiger charge is 2.35. The molecular weight excluding hydrogens is 364 g/mol. The topological polar surface area (TPSA) is 50.8 Å². The van der Waals surface area contributed by atoms with Crippen molar-refractivity contribution in [2.75, 3.05) is 24.4 Å². The van der Waals surface area contributed by atoms with Gasteiger partial charge in [0, 0.05) is 11.4 Å². The molecule has 0 aliphatic carbocycles. The quantitative estimate of drug-likeness (QED) is 0.662. The predicted octanol–water partition coefficient (Wildman–Crippen LogP) is 4.79. The summed E-state index contributed by atoms with van der Waals surface area (Å²) in [7, 11) is 3.21. The number of rotatable bonds is 6. The lowest BCUT2D eigenvalue weighted by Gasteiger charge is -2.25. The minimum atomic E-state index is -0.268. The van der Waals surface area contributed by atoms with Gasteiger partial charge in [-0.05, 0) is 48.0 Å². The first-order valence-corrected chi connectivity index (χ1v) is 9.35. The summed E-state index contributed by atoms with van der Waals surface area (Å²) in [6.07, 6.45) is 1.95. The molecule has 5 nitrogen and oxygen atoms in total. The van der Waals surface area contributed by atoms with Crippen LogP contribution in [0.4, 0.5) is 11.4 Å². The van der Waals surface area contributed by atoms with Gasteiger partial charge in [-0.15, -0.1) is 0 Å². The van der Waals surface area contributed by atoms with Crippen LogP contribution in [0, 0.1) is 0 Å². The van der Waals surface area contributed by atoms with Crippen molar-refractivity contribution in [1.29, 1.82) is 0 Å². The minimum absolute atomic E-state index is 0.0835. The predicted molar refractivity (Wildman–Crippen MR) is 114 cm³/mol. The summed E-state index contributed by atoms with van der Waals surface area (Å²) in [5.41, 5.74) is 3.18. The molecule has 1 N–H and O–H groups in total. The summed E-state index contributed by atoms with van der Waals surface area (Å²) in [6, 6.07) is 24.8. The molecule has 1 aliphatic heterocycles. The van der Waals surface area contributed by atoms with Crippen molar-refractivity contribution in [3.63, 3.8) is 0 Å². The van der Waals surface area contributed by atoms with E-state index in [-0.39, 0.29) is 11.9 Å². The van der Waals surface area contributed by atoms with Gasteiger partial charge in [0.05, 0.1) is 20.3 Å². The number of methoxy groups -OCH3 is 2. The Balaban J connectivity index is 1.76. The summed E-state index contributed by atoms with van der Waals surface area (Å²) in [4.78, 5) is 15.1. The Labute approximate surface area is 170 Å². The SMILES string of the molecule is COc1ccc([C@@H]2C=C(Nc3ccccc3)C(=O)N2c2ccccc2)cc1OC. The maximum atomic E-state index is 13.3. The zero-order chi connectivity index (χ0) is 20.2. The Hall–Kier alpha value is -3.73. The van der Waals surface area contributed by atoms with Gasteiger partial charge in [-0.3, -0.25) is 9.69 Å². The molecule has 0 fully saturated rings. The third kappa shape index (κ3) is 3.67. The van der Waals surface area contributed by atoms with E-state index in [9.17, 15) is 4.79 Å². The number of anilines is 2. The first-order valence-electron chi connectivity index (χ1n) is 9.35. The van der Waals surface area contributed by atoms with E-state index in [1.165, 1.54) is 0 Å². The largest absolute Gasteiger partial charge is 0.493 e. The van der Waals surface area contributed by atoms with Crippen LogP contribution >= 0.6 is 0 Å². The van der Waals surface area contributed by atoms with Crippen LogP contribution in [0.2, 0.25) is 0 Å². The van der Waals surface area contributed by atoms with Crippen LogP contribution in [-0.2, 0) is 4.79 Å². The van der Waals surface area contributed by atoms with Gasteiger partial charge in [0.2, 0.25) is 0 Å². The van der Waals surface area contributed by atoms with Crippen molar-refractivity contribution in [2.45, 2.75) is 6.04 Å². The Morgan fingerprint density at radius 3 is 2.14 bits per heavy atom. The fourth-order valence-corrected chi connectivity index (χ4v) is 3.48. The summed E-state index contributed by atoms with van der Waals surface area (Å²) in [5, 5.41) is 3.26. The number of carbonyl (C=O) groups is 1. The zero-order valence-corrected chi connectivity index (χ0v) is 16.3.